The average molecular weight is 132 g/mol. The molecule has 0 saturated heterocycles. The summed E-state index contributed by atoms with van der Waals surface area (Å²) in [6, 6.07) is 0. The van der Waals surface area contributed by atoms with Gasteiger partial charge in [-0.1, -0.05) is 6.92 Å². The van der Waals surface area contributed by atoms with Crippen molar-refractivity contribution in [1.82, 2.24) is 0 Å². The molecule has 56 valence electrons. The van der Waals surface area contributed by atoms with Gasteiger partial charge in [-0.25, -0.2) is 0 Å². The number of hydrogen-bond acceptors (Lipinski definition) is 3. The Kier molecular flexibility index (Phi) is 3.11. The Morgan fingerprint density at radius 2 is 2.11 bits per heavy atom. The van der Waals surface area contributed by atoms with E-state index in [0.717, 1.165) is 0 Å². The highest BCUT2D eigenvalue weighted by molar-refractivity contribution is 4.86. The standard InChI is InChI=1S/C6H16N2O/c1-3-5(9)6(2,8)4-7/h5,9H,3-4,7-8H2,1-2H3/t5-,6+/m1/s1. The molecule has 3 heteroatoms. The fourth-order valence-electron chi connectivity index (χ4n) is 0.602. The number of hydrogen-bond donors (Lipinski definition) is 3. The summed E-state index contributed by atoms with van der Waals surface area (Å²) in [5, 5.41) is 9.18. The molecule has 5 N–H and O–H groups in total. The van der Waals surface area contributed by atoms with Crippen molar-refractivity contribution in [3.8, 4) is 0 Å². The topological polar surface area (TPSA) is 72.3 Å². The van der Waals surface area contributed by atoms with Gasteiger partial charge in [0, 0.05) is 6.54 Å². The minimum Gasteiger partial charge on any atom is -0.391 e. The molecular formula is C6H16N2O. The third kappa shape index (κ3) is 2.30. The third-order valence-electron chi connectivity index (χ3n) is 1.59. The molecule has 0 rings (SSSR count). The summed E-state index contributed by atoms with van der Waals surface area (Å²) in [6.07, 6.45) is 0.173. The highest BCUT2D eigenvalue weighted by atomic mass is 16.3. The first kappa shape index (κ1) is 8.88. The predicted octanol–water partition coefficient (Wildman–Crippen LogP) is -0.567. The van der Waals surface area contributed by atoms with Crippen molar-refractivity contribution in [3.05, 3.63) is 0 Å². The van der Waals surface area contributed by atoms with Crippen LogP contribution in [0.25, 0.3) is 0 Å². The first-order chi connectivity index (χ1) is 4.04. The molecule has 0 amide bonds. The smallest absolute Gasteiger partial charge is 0.0726 e. The van der Waals surface area contributed by atoms with Crippen LogP contribution in [0.1, 0.15) is 20.3 Å². The van der Waals surface area contributed by atoms with Crippen molar-refractivity contribution in [2.24, 2.45) is 11.5 Å². The molecule has 0 aliphatic carbocycles. The molecular weight excluding hydrogens is 116 g/mol. The molecule has 2 atom stereocenters. The summed E-state index contributed by atoms with van der Waals surface area (Å²) in [4.78, 5) is 0. The Hall–Kier alpha value is -0.120. The number of rotatable bonds is 3. The molecule has 0 aliphatic rings. The van der Waals surface area contributed by atoms with Gasteiger partial charge < -0.3 is 16.6 Å². The second kappa shape index (κ2) is 3.15. The lowest BCUT2D eigenvalue weighted by molar-refractivity contribution is 0.0946. The fraction of sp³-hybridized carbons (Fsp3) is 1.00. The van der Waals surface area contributed by atoms with E-state index in [0.29, 0.717) is 13.0 Å². The molecule has 0 heterocycles. The maximum Gasteiger partial charge on any atom is 0.0726 e. The summed E-state index contributed by atoms with van der Waals surface area (Å²) in [7, 11) is 0. The molecule has 0 bridgehead atoms. The van der Waals surface area contributed by atoms with E-state index >= 15 is 0 Å². The van der Waals surface area contributed by atoms with Crippen molar-refractivity contribution in [2.75, 3.05) is 6.54 Å². The van der Waals surface area contributed by atoms with E-state index in [1.807, 2.05) is 6.92 Å². The average Bonchev–Trinajstić information content (AvgIpc) is 1.86. The molecule has 0 unspecified atom stereocenters. The van der Waals surface area contributed by atoms with Crippen LogP contribution in [0.15, 0.2) is 0 Å². The minimum absolute atomic E-state index is 0.321. The summed E-state index contributed by atoms with van der Waals surface area (Å²) in [5.41, 5.74) is 10.3. The quantitative estimate of drug-likeness (QED) is 0.481. The normalized spacial score (nSPS) is 21.0. The zero-order valence-corrected chi connectivity index (χ0v) is 6.09. The highest BCUT2D eigenvalue weighted by Gasteiger charge is 2.24. The molecule has 0 aromatic carbocycles. The summed E-state index contributed by atoms with van der Waals surface area (Å²) >= 11 is 0. The Morgan fingerprint density at radius 1 is 1.67 bits per heavy atom. The van der Waals surface area contributed by atoms with Crippen molar-refractivity contribution in [3.63, 3.8) is 0 Å². The van der Waals surface area contributed by atoms with Crippen LogP contribution in [-0.4, -0.2) is 23.3 Å². The van der Waals surface area contributed by atoms with Crippen LogP contribution in [0.5, 0.6) is 0 Å². The zero-order chi connectivity index (χ0) is 7.49. The van der Waals surface area contributed by atoms with E-state index in [4.69, 9.17) is 11.5 Å². The monoisotopic (exact) mass is 132 g/mol. The van der Waals surface area contributed by atoms with Crippen LogP contribution < -0.4 is 11.5 Å². The van der Waals surface area contributed by atoms with Crippen LogP contribution in [0.2, 0.25) is 0 Å². The van der Waals surface area contributed by atoms with E-state index in [-0.39, 0.29) is 0 Å². The lowest BCUT2D eigenvalue weighted by atomic mass is 9.95. The van der Waals surface area contributed by atoms with E-state index in [1.54, 1.807) is 6.92 Å². The molecule has 3 nitrogen and oxygen atoms in total. The van der Waals surface area contributed by atoms with Gasteiger partial charge in [0.2, 0.25) is 0 Å². The largest absolute Gasteiger partial charge is 0.391 e. The molecule has 0 aromatic heterocycles. The first-order valence-corrected chi connectivity index (χ1v) is 3.21. The Morgan fingerprint density at radius 3 is 2.22 bits per heavy atom. The van der Waals surface area contributed by atoms with Crippen LogP contribution in [-0.2, 0) is 0 Å². The molecule has 0 spiro atoms. The van der Waals surface area contributed by atoms with Gasteiger partial charge in [0.1, 0.15) is 0 Å². The van der Waals surface area contributed by atoms with Gasteiger partial charge in [-0.15, -0.1) is 0 Å². The first-order valence-electron chi connectivity index (χ1n) is 3.21. The van der Waals surface area contributed by atoms with Crippen molar-refractivity contribution < 1.29 is 5.11 Å². The Bertz CT molecular complexity index is 83.1. The van der Waals surface area contributed by atoms with Gasteiger partial charge in [-0.2, -0.15) is 0 Å². The van der Waals surface area contributed by atoms with Crippen molar-refractivity contribution >= 4 is 0 Å². The van der Waals surface area contributed by atoms with Gasteiger partial charge in [-0.05, 0) is 13.3 Å². The summed E-state index contributed by atoms with van der Waals surface area (Å²) < 4.78 is 0. The zero-order valence-electron chi connectivity index (χ0n) is 6.09. The second-order valence-electron chi connectivity index (χ2n) is 2.63. The van der Waals surface area contributed by atoms with Gasteiger partial charge in [0.05, 0.1) is 11.6 Å². The molecule has 0 radical (unpaired) electrons. The molecule has 9 heavy (non-hydrogen) atoms. The van der Waals surface area contributed by atoms with E-state index < -0.39 is 11.6 Å². The number of aliphatic hydroxyl groups excluding tert-OH is 1. The molecule has 0 aromatic rings. The van der Waals surface area contributed by atoms with Crippen LogP contribution in [0.4, 0.5) is 0 Å². The maximum atomic E-state index is 9.18. The van der Waals surface area contributed by atoms with E-state index in [9.17, 15) is 5.11 Å². The molecule has 0 aliphatic heterocycles. The maximum absolute atomic E-state index is 9.18. The Balaban J connectivity index is 3.80. The van der Waals surface area contributed by atoms with Gasteiger partial charge in [0.15, 0.2) is 0 Å². The summed E-state index contributed by atoms with van der Waals surface area (Å²) in [5.74, 6) is 0. The van der Waals surface area contributed by atoms with Crippen molar-refractivity contribution in [1.29, 1.82) is 0 Å². The fourth-order valence-corrected chi connectivity index (χ4v) is 0.602. The SMILES string of the molecule is CC[C@@H](O)[C@@](C)(N)CN. The van der Waals surface area contributed by atoms with Gasteiger partial charge in [-0.3, -0.25) is 0 Å². The lowest BCUT2D eigenvalue weighted by Gasteiger charge is -2.27. The summed E-state index contributed by atoms with van der Waals surface area (Å²) in [6.45, 7) is 3.95. The van der Waals surface area contributed by atoms with Crippen LogP contribution in [0.3, 0.4) is 0 Å². The van der Waals surface area contributed by atoms with Gasteiger partial charge >= 0.3 is 0 Å². The van der Waals surface area contributed by atoms with E-state index in [1.165, 1.54) is 0 Å². The number of nitrogens with two attached hydrogens (primary N) is 2. The third-order valence-corrected chi connectivity index (χ3v) is 1.59. The highest BCUT2D eigenvalue weighted by Crippen LogP contribution is 2.06. The minimum atomic E-state index is -0.616. The van der Waals surface area contributed by atoms with Crippen molar-refractivity contribution in [2.45, 2.75) is 31.9 Å². The van der Waals surface area contributed by atoms with Crippen LogP contribution in [0, 0.1) is 0 Å². The Labute approximate surface area is 56.0 Å². The molecule has 0 fully saturated rings. The van der Waals surface area contributed by atoms with E-state index in [2.05, 4.69) is 0 Å². The predicted molar refractivity (Wildman–Crippen MR) is 37.9 cm³/mol. The van der Waals surface area contributed by atoms with Crippen LogP contribution >= 0.6 is 0 Å². The van der Waals surface area contributed by atoms with Gasteiger partial charge in [0.25, 0.3) is 0 Å². The lowest BCUT2D eigenvalue weighted by Crippen LogP contribution is -2.53. The molecule has 0 saturated carbocycles. The number of aliphatic hydroxyl groups is 1. The second-order valence-corrected chi connectivity index (χ2v) is 2.63.